The first-order valence-electron chi connectivity index (χ1n) is 8.33. The number of hydrogen-bond acceptors (Lipinski definition) is 6. The lowest BCUT2D eigenvalue weighted by Gasteiger charge is -2.31. The summed E-state index contributed by atoms with van der Waals surface area (Å²) in [7, 11) is 3.83. The van der Waals surface area contributed by atoms with Crippen LogP contribution in [0.1, 0.15) is 38.5 Å². The average Bonchev–Trinajstić information content (AvgIpc) is 3.15. The summed E-state index contributed by atoms with van der Waals surface area (Å²) in [5.41, 5.74) is 0. The molecule has 2 aliphatic rings. The SMILES string of the molecule is CN(c1ncc(Cl)c(N(C)[C@@H]2CCC[C@H]2O)n1)[C@@H]1CCC[C@H]1O. The second kappa shape index (κ2) is 6.79. The summed E-state index contributed by atoms with van der Waals surface area (Å²) in [6, 6.07) is 0.0871. The molecule has 2 aliphatic carbocycles. The molecule has 0 saturated heterocycles. The average molecular weight is 341 g/mol. The smallest absolute Gasteiger partial charge is 0.227 e. The van der Waals surface area contributed by atoms with Gasteiger partial charge in [-0.3, -0.25) is 0 Å². The Labute approximate surface area is 142 Å². The summed E-state index contributed by atoms with van der Waals surface area (Å²) in [5.74, 6) is 1.21. The van der Waals surface area contributed by atoms with Crippen molar-refractivity contribution in [2.45, 2.75) is 62.8 Å². The minimum Gasteiger partial charge on any atom is -0.391 e. The number of likely N-dealkylation sites (N-methyl/N-ethyl adjacent to an activating group) is 2. The molecule has 2 fully saturated rings. The zero-order valence-corrected chi connectivity index (χ0v) is 14.4. The first-order chi connectivity index (χ1) is 11.0. The van der Waals surface area contributed by atoms with E-state index >= 15 is 0 Å². The molecule has 2 N–H and O–H groups in total. The molecule has 23 heavy (non-hydrogen) atoms. The summed E-state index contributed by atoms with van der Waals surface area (Å²) in [4.78, 5) is 12.8. The number of anilines is 2. The molecule has 0 aliphatic heterocycles. The van der Waals surface area contributed by atoms with Crippen molar-refractivity contribution in [1.82, 2.24) is 9.97 Å². The van der Waals surface area contributed by atoms with E-state index in [9.17, 15) is 10.2 Å². The van der Waals surface area contributed by atoms with Gasteiger partial charge in [0, 0.05) is 14.1 Å². The fourth-order valence-corrected chi connectivity index (χ4v) is 4.04. The molecule has 0 unspecified atom stereocenters. The van der Waals surface area contributed by atoms with Crippen molar-refractivity contribution in [3.63, 3.8) is 0 Å². The number of aromatic nitrogens is 2. The summed E-state index contributed by atoms with van der Waals surface area (Å²) in [6.07, 6.45) is 6.48. The topological polar surface area (TPSA) is 72.7 Å². The van der Waals surface area contributed by atoms with Crippen LogP contribution in [0.15, 0.2) is 6.20 Å². The molecule has 2 saturated carbocycles. The van der Waals surface area contributed by atoms with Crippen molar-refractivity contribution >= 4 is 23.4 Å². The van der Waals surface area contributed by atoms with Crippen LogP contribution >= 0.6 is 11.6 Å². The monoisotopic (exact) mass is 340 g/mol. The quantitative estimate of drug-likeness (QED) is 0.871. The number of rotatable bonds is 4. The van der Waals surface area contributed by atoms with Crippen molar-refractivity contribution in [2.75, 3.05) is 23.9 Å². The highest BCUT2D eigenvalue weighted by Gasteiger charge is 2.33. The Morgan fingerprint density at radius 3 is 2.09 bits per heavy atom. The lowest BCUT2D eigenvalue weighted by molar-refractivity contribution is 0.162. The van der Waals surface area contributed by atoms with Gasteiger partial charge in [0.1, 0.15) is 5.02 Å². The van der Waals surface area contributed by atoms with Gasteiger partial charge in [-0.2, -0.15) is 4.98 Å². The van der Waals surface area contributed by atoms with E-state index < -0.39 is 0 Å². The van der Waals surface area contributed by atoms with Crippen LogP contribution in [-0.4, -0.2) is 58.6 Å². The van der Waals surface area contributed by atoms with Crippen LogP contribution in [0.25, 0.3) is 0 Å². The fourth-order valence-electron chi connectivity index (χ4n) is 3.82. The molecule has 0 bridgehead atoms. The molecule has 4 atom stereocenters. The van der Waals surface area contributed by atoms with E-state index in [1.807, 2.05) is 23.9 Å². The Morgan fingerprint density at radius 2 is 1.57 bits per heavy atom. The number of halogens is 1. The number of nitrogens with zero attached hydrogens (tertiary/aromatic N) is 4. The standard InChI is InChI=1S/C16H25ClN4O2/c1-20(11-5-3-7-13(11)22)15-10(17)9-18-16(19-15)21(2)12-6-4-8-14(12)23/h9,11-14,22-23H,3-8H2,1-2H3/t11-,12-,13-,14-/m1/s1. The molecule has 3 rings (SSSR count). The van der Waals surface area contributed by atoms with Crippen LogP contribution in [0.2, 0.25) is 5.02 Å². The van der Waals surface area contributed by atoms with Crippen molar-refractivity contribution < 1.29 is 10.2 Å². The lowest BCUT2D eigenvalue weighted by atomic mass is 10.2. The molecular weight excluding hydrogens is 316 g/mol. The van der Waals surface area contributed by atoms with Gasteiger partial charge in [0.2, 0.25) is 5.95 Å². The van der Waals surface area contributed by atoms with Crippen LogP contribution in [0, 0.1) is 0 Å². The van der Waals surface area contributed by atoms with Gasteiger partial charge in [0.25, 0.3) is 0 Å². The van der Waals surface area contributed by atoms with E-state index in [1.54, 1.807) is 6.20 Å². The molecular formula is C16H25ClN4O2. The molecule has 1 heterocycles. The Kier molecular flexibility index (Phi) is 4.94. The number of hydrogen-bond donors (Lipinski definition) is 2. The highest BCUT2D eigenvalue weighted by molar-refractivity contribution is 6.32. The molecule has 0 radical (unpaired) electrons. The first-order valence-corrected chi connectivity index (χ1v) is 8.71. The Morgan fingerprint density at radius 1 is 1.00 bits per heavy atom. The third kappa shape index (κ3) is 3.25. The van der Waals surface area contributed by atoms with Gasteiger partial charge in [-0.05, 0) is 38.5 Å². The molecule has 6 nitrogen and oxygen atoms in total. The van der Waals surface area contributed by atoms with E-state index in [1.165, 1.54) is 0 Å². The minimum absolute atomic E-state index is 0.0395. The van der Waals surface area contributed by atoms with Crippen LogP contribution in [-0.2, 0) is 0 Å². The maximum Gasteiger partial charge on any atom is 0.227 e. The summed E-state index contributed by atoms with van der Waals surface area (Å²) >= 11 is 6.29. The van der Waals surface area contributed by atoms with E-state index in [4.69, 9.17) is 11.6 Å². The van der Waals surface area contributed by atoms with Gasteiger partial charge < -0.3 is 20.0 Å². The molecule has 128 valence electrons. The van der Waals surface area contributed by atoms with Crippen molar-refractivity contribution in [3.8, 4) is 0 Å². The zero-order chi connectivity index (χ0) is 16.6. The van der Waals surface area contributed by atoms with Crippen LogP contribution < -0.4 is 9.80 Å². The van der Waals surface area contributed by atoms with Gasteiger partial charge in [0.05, 0.1) is 30.5 Å². The molecule has 0 amide bonds. The molecule has 1 aromatic rings. The number of aliphatic hydroxyl groups excluding tert-OH is 2. The van der Waals surface area contributed by atoms with E-state index in [0.717, 1.165) is 38.5 Å². The van der Waals surface area contributed by atoms with Crippen LogP contribution in [0.4, 0.5) is 11.8 Å². The van der Waals surface area contributed by atoms with Crippen molar-refractivity contribution in [1.29, 1.82) is 0 Å². The Hall–Kier alpha value is -1.11. The van der Waals surface area contributed by atoms with E-state index in [-0.39, 0.29) is 24.3 Å². The molecule has 0 spiro atoms. The minimum atomic E-state index is -0.344. The largest absolute Gasteiger partial charge is 0.391 e. The first kappa shape index (κ1) is 16.7. The van der Waals surface area contributed by atoms with Crippen LogP contribution in [0.5, 0.6) is 0 Å². The van der Waals surface area contributed by atoms with E-state index in [0.29, 0.717) is 16.8 Å². The summed E-state index contributed by atoms with van der Waals surface area (Å²) in [6.45, 7) is 0. The molecule has 7 heteroatoms. The summed E-state index contributed by atoms with van der Waals surface area (Å²) in [5, 5.41) is 20.7. The normalized spacial score (nSPS) is 30.7. The Bertz CT molecular complexity index is 559. The Balaban J connectivity index is 1.84. The number of aliphatic hydroxyl groups is 2. The lowest BCUT2D eigenvalue weighted by Crippen LogP contribution is -2.40. The van der Waals surface area contributed by atoms with Gasteiger partial charge in [-0.1, -0.05) is 11.6 Å². The summed E-state index contributed by atoms with van der Waals surface area (Å²) < 4.78 is 0. The highest BCUT2D eigenvalue weighted by atomic mass is 35.5. The van der Waals surface area contributed by atoms with Crippen molar-refractivity contribution in [3.05, 3.63) is 11.2 Å². The zero-order valence-electron chi connectivity index (χ0n) is 13.7. The van der Waals surface area contributed by atoms with Gasteiger partial charge in [-0.25, -0.2) is 4.98 Å². The third-order valence-electron chi connectivity index (χ3n) is 5.25. The van der Waals surface area contributed by atoms with Crippen molar-refractivity contribution in [2.24, 2.45) is 0 Å². The maximum absolute atomic E-state index is 10.1. The predicted molar refractivity (Wildman–Crippen MR) is 91.1 cm³/mol. The van der Waals surface area contributed by atoms with Gasteiger partial charge in [0.15, 0.2) is 5.82 Å². The molecule has 1 aromatic heterocycles. The second-order valence-electron chi connectivity index (χ2n) is 6.69. The van der Waals surface area contributed by atoms with Gasteiger partial charge >= 0.3 is 0 Å². The van der Waals surface area contributed by atoms with E-state index in [2.05, 4.69) is 9.97 Å². The predicted octanol–water partition coefficient (Wildman–Crippen LogP) is 1.83. The van der Waals surface area contributed by atoms with Gasteiger partial charge in [-0.15, -0.1) is 0 Å². The van der Waals surface area contributed by atoms with Crippen LogP contribution in [0.3, 0.4) is 0 Å². The maximum atomic E-state index is 10.1. The second-order valence-corrected chi connectivity index (χ2v) is 7.10. The fraction of sp³-hybridized carbons (Fsp3) is 0.750. The molecule has 0 aromatic carbocycles. The highest BCUT2D eigenvalue weighted by Crippen LogP contribution is 2.32. The third-order valence-corrected chi connectivity index (χ3v) is 5.51.